The Hall–Kier alpha value is -1.56. The molecular weight excluding hydrogens is 307 g/mol. The van der Waals surface area contributed by atoms with Crippen LogP contribution >= 0.6 is 0 Å². The lowest BCUT2D eigenvalue weighted by atomic mass is 10.0. The van der Waals surface area contributed by atoms with Gasteiger partial charge >= 0.3 is 6.18 Å². The van der Waals surface area contributed by atoms with Crippen molar-refractivity contribution in [2.24, 2.45) is 5.92 Å². The number of nitrogens with one attached hydrogen (secondary N) is 1. The van der Waals surface area contributed by atoms with Crippen LogP contribution in [-0.4, -0.2) is 23.7 Å². The summed E-state index contributed by atoms with van der Waals surface area (Å²) in [4.78, 5) is 11.9. The highest BCUT2D eigenvalue weighted by Crippen LogP contribution is 2.29. The predicted molar refractivity (Wildman–Crippen MR) is 80.7 cm³/mol. The van der Waals surface area contributed by atoms with E-state index in [4.69, 9.17) is 5.11 Å². The van der Waals surface area contributed by atoms with E-state index in [2.05, 4.69) is 5.32 Å². The van der Waals surface area contributed by atoms with Crippen LogP contribution in [0.1, 0.15) is 43.2 Å². The second-order valence-corrected chi connectivity index (χ2v) is 6.18. The highest BCUT2D eigenvalue weighted by Gasteiger charge is 2.30. The SMILES string of the molecule is O=C(CCCc1cccc(C(F)(F)F)c1)N[C@H]1CC[C@@H](CO)C1. The Labute approximate surface area is 133 Å². The summed E-state index contributed by atoms with van der Waals surface area (Å²) in [5, 5.41) is 12.0. The van der Waals surface area contributed by atoms with E-state index in [0.29, 0.717) is 24.8 Å². The van der Waals surface area contributed by atoms with Crippen molar-refractivity contribution < 1.29 is 23.1 Å². The van der Waals surface area contributed by atoms with Gasteiger partial charge in [0.25, 0.3) is 0 Å². The fourth-order valence-electron chi connectivity index (χ4n) is 3.03. The third-order valence-corrected chi connectivity index (χ3v) is 4.29. The summed E-state index contributed by atoms with van der Waals surface area (Å²) in [6.45, 7) is 0.155. The molecule has 2 atom stereocenters. The van der Waals surface area contributed by atoms with E-state index in [1.165, 1.54) is 6.07 Å². The third kappa shape index (κ3) is 5.53. The Morgan fingerprint density at radius 1 is 1.30 bits per heavy atom. The first-order valence-electron chi connectivity index (χ1n) is 7.95. The number of halogens is 3. The molecule has 1 amide bonds. The van der Waals surface area contributed by atoms with Crippen molar-refractivity contribution in [2.45, 2.75) is 50.7 Å². The van der Waals surface area contributed by atoms with E-state index in [1.807, 2.05) is 0 Å². The van der Waals surface area contributed by atoms with Gasteiger partial charge < -0.3 is 10.4 Å². The molecule has 0 heterocycles. The van der Waals surface area contributed by atoms with E-state index in [-0.39, 0.29) is 24.5 Å². The average molecular weight is 329 g/mol. The zero-order valence-electron chi connectivity index (χ0n) is 12.9. The molecule has 0 spiro atoms. The fourth-order valence-corrected chi connectivity index (χ4v) is 3.03. The van der Waals surface area contributed by atoms with Gasteiger partial charge in [-0.1, -0.05) is 18.2 Å². The smallest absolute Gasteiger partial charge is 0.396 e. The minimum Gasteiger partial charge on any atom is -0.396 e. The first kappa shape index (κ1) is 17.8. The molecule has 0 radical (unpaired) electrons. The lowest BCUT2D eigenvalue weighted by molar-refractivity contribution is -0.137. The number of aryl methyl sites for hydroxylation is 1. The van der Waals surface area contributed by atoms with Crippen molar-refractivity contribution >= 4 is 5.91 Å². The lowest BCUT2D eigenvalue weighted by Gasteiger charge is -2.13. The molecule has 1 aromatic rings. The summed E-state index contributed by atoms with van der Waals surface area (Å²) in [7, 11) is 0. The van der Waals surface area contributed by atoms with Crippen LogP contribution in [0.3, 0.4) is 0 Å². The molecule has 3 nitrogen and oxygen atoms in total. The molecule has 0 unspecified atom stereocenters. The number of carbonyl (C=O) groups excluding carboxylic acids is 1. The van der Waals surface area contributed by atoms with Gasteiger partial charge in [0, 0.05) is 19.1 Å². The highest BCUT2D eigenvalue weighted by atomic mass is 19.4. The van der Waals surface area contributed by atoms with Crippen molar-refractivity contribution in [3.63, 3.8) is 0 Å². The molecule has 2 rings (SSSR count). The monoisotopic (exact) mass is 329 g/mol. The van der Waals surface area contributed by atoms with Crippen LogP contribution in [0.15, 0.2) is 24.3 Å². The fraction of sp³-hybridized carbons (Fsp3) is 0.588. The molecule has 128 valence electrons. The number of hydrogen-bond acceptors (Lipinski definition) is 2. The summed E-state index contributed by atoms with van der Waals surface area (Å²) >= 11 is 0. The van der Waals surface area contributed by atoms with Gasteiger partial charge in [-0.05, 0) is 49.7 Å². The molecule has 6 heteroatoms. The molecule has 0 saturated heterocycles. The molecule has 0 bridgehead atoms. The number of amides is 1. The molecular formula is C17H22F3NO2. The van der Waals surface area contributed by atoms with Crippen LogP contribution in [-0.2, 0) is 17.4 Å². The van der Waals surface area contributed by atoms with Crippen LogP contribution in [0.2, 0.25) is 0 Å². The van der Waals surface area contributed by atoms with Crippen LogP contribution < -0.4 is 5.32 Å². The number of benzene rings is 1. The highest BCUT2D eigenvalue weighted by molar-refractivity contribution is 5.76. The molecule has 0 aliphatic heterocycles. The van der Waals surface area contributed by atoms with E-state index in [1.54, 1.807) is 6.07 Å². The molecule has 1 aromatic carbocycles. The van der Waals surface area contributed by atoms with Crippen molar-refractivity contribution in [2.75, 3.05) is 6.61 Å². The normalized spacial score (nSPS) is 21.4. The van der Waals surface area contributed by atoms with Crippen LogP contribution in [0.5, 0.6) is 0 Å². The van der Waals surface area contributed by atoms with Crippen molar-refractivity contribution in [1.29, 1.82) is 0 Å². The Morgan fingerprint density at radius 3 is 2.74 bits per heavy atom. The van der Waals surface area contributed by atoms with Gasteiger partial charge in [-0.25, -0.2) is 0 Å². The largest absolute Gasteiger partial charge is 0.416 e. The van der Waals surface area contributed by atoms with Crippen molar-refractivity contribution in [3.8, 4) is 0 Å². The number of alkyl halides is 3. The number of carbonyl (C=O) groups is 1. The number of aliphatic hydroxyl groups is 1. The van der Waals surface area contributed by atoms with Gasteiger partial charge in [0.2, 0.25) is 5.91 Å². The molecule has 23 heavy (non-hydrogen) atoms. The van der Waals surface area contributed by atoms with E-state index in [9.17, 15) is 18.0 Å². The molecule has 1 fully saturated rings. The number of rotatable bonds is 6. The van der Waals surface area contributed by atoms with Gasteiger partial charge in [-0.3, -0.25) is 4.79 Å². The van der Waals surface area contributed by atoms with Gasteiger partial charge in [-0.15, -0.1) is 0 Å². The van der Waals surface area contributed by atoms with Crippen molar-refractivity contribution in [3.05, 3.63) is 35.4 Å². The summed E-state index contributed by atoms with van der Waals surface area (Å²) in [5.74, 6) is 0.200. The van der Waals surface area contributed by atoms with Gasteiger partial charge in [0.15, 0.2) is 0 Å². The molecule has 1 aliphatic carbocycles. The standard InChI is InChI=1S/C17H22F3NO2/c18-17(19,20)14-5-1-3-12(9-14)4-2-6-16(23)21-15-8-7-13(10-15)11-22/h1,3,5,9,13,15,22H,2,4,6-8,10-11H2,(H,21,23)/t13-,15+/m1/s1. The van der Waals surface area contributed by atoms with Gasteiger partial charge in [0.1, 0.15) is 0 Å². The molecule has 1 aliphatic rings. The molecule has 1 saturated carbocycles. The maximum atomic E-state index is 12.6. The Morgan fingerprint density at radius 2 is 2.09 bits per heavy atom. The summed E-state index contributed by atoms with van der Waals surface area (Å²) < 4.78 is 37.9. The second kappa shape index (κ2) is 7.81. The van der Waals surface area contributed by atoms with Crippen molar-refractivity contribution in [1.82, 2.24) is 5.32 Å². The summed E-state index contributed by atoms with van der Waals surface area (Å²) in [6.07, 6.45) is -0.466. The van der Waals surface area contributed by atoms with Crippen LogP contribution in [0.4, 0.5) is 13.2 Å². The van der Waals surface area contributed by atoms with E-state index < -0.39 is 11.7 Å². The van der Waals surface area contributed by atoms with Crippen LogP contribution in [0.25, 0.3) is 0 Å². The van der Waals surface area contributed by atoms with Gasteiger partial charge in [-0.2, -0.15) is 13.2 Å². The average Bonchev–Trinajstić information content (AvgIpc) is 2.94. The molecule has 2 N–H and O–H groups in total. The summed E-state index contributed by atoms with van der Waals surface area (Å²) in [5.41, 5.74) is -0.0608. The van der Waals surface area contributed by atoms with Crippen LogP contribution in [0, 0.1) is 5.92 Å². The number of aliphatic hydroxyl groups excluding tert-OH is 1. The minimum absolute atomic E-state index is 0.0689. The van der Waals surface area contributed by atoms with Gasteiger partial charge in [0.05, 0.1) is 5.56 Å². The minimum atomic E-state index is -4.33. The van der Waals surface area contributed by atoms with E-state index >= 15 is 0 Å². The first-order valence-corrected chi connectivity index (χ1v) is 7.95. The Balaban J connectivity index is 1.73. The number of hydrogen-bond donors (Lipinski definition) is 2. The maximum absolute atomic E-state index is 12.6. The Bertz CT molecular complexity index is 531. The van der Waals surface area contributed by atoms with E-state index in [0.717, 1.165) is 31.4 Å². The summed E-state index contributed by atoms with van der Waals surface area (Å²) in [6, 6.07) is 5.35. The zero-order chi connectivity index (χ0) is 16.9. The third-order valence-electron chi connectivity index (χ3n) is 4.29. The maximum Gasteiger partial charge on any atom is 0.416 e. The first-order chi connectivity index (χ1) is 10.9. The quantitative estimate of drug-likeness (QED) is 0.841. The lowest BCUT2D eigenvalue weighted by Crippen LogP contribution is -2.32. The molecule has 0 aromatic heterocycles. The topological polar surface area (TPSA) is 49.3 Å². The Kier molecular flexibility index (Phi) is 6.04. The predicted octanol–water partition coefficient (Wildman–Crippen LogP) is 3.31. The zero-order valence-corrected chi connectivity index (χ0v) is 12.9. The second-order valence-electron chi connectivity index (χ2n) is 6.18.